The first-order valence-electron chi connectivity index (χ1n) is 7.67. The second kappa shape index (κ2) is 5.81. The molecular formula is C15H23N5O2. The summed E-state index contributed by atoms with van der Waals surface area (Å²) in [7, 11) is 3.99. The Bertz CT molecular complexity index is 656. The third kappa shape index (κ3) is 2.91. The van der Waals surface area contributed by atoms with Crippen molar-refractivity contribution in [1.29, 1.82) is 0 Å². The molecule has 1 atom stereocenters. The van der Waals surface area contributed by atoms with E-state index >= 15 is 0 Å². The highest BCUT2D eigenvalue weighted by Crippen LogP contribution is 2.30. The molecule has 0 amide bonds. The van der Waals surface area contributed by atoms with Crippen LogP contribution >= 0.6 is 0 Å². The molecule has 7 heteroatoms. The Kier molecular flexibility index (Phi) is 4.01. The van der Waals surface area contributed by atoms with Gasteiger partial charge in [0.25, 0.3) is 5.71 Å². The molecule has 0 spiro atoms. The summed E-state index contributed by atoms with van der Waals surface area (Å²) in [5.41, 5.74) is 0.697. The number of rotatable bonds is 3. The van der Waals surface area contributed by atoms with Gasteiger partial charge in [-0.05, 0) is 40.3 Å². The van der Waals surface area contributed by atoms with Crippen LogP contribution in [0.1, 0.15) is 25.0 Å². The van der Waals surface area contributed by atoms with Crippen LogP contribution in [0.2, 0.25) is 0 Å². The molecule has 3 heterocycles. The summed E-state index contributed by atoms with van der Waals surface area (Å²) in [6.45, 7) is 4.22. The number of hydrogen-bond donors (Lipinski definition) is 1. The predicted molar refractivity (Wildman–Crippen MR) is 83.9 cm³/mol. The molecule has 1 N–H and O–H groups in total. The first kappa shape index (κ1) is 15.2. The third-order valence-electron chi connectivity index (χ3n) is 4.25. The van der Waals surface area contributed by atoms with Crippen molar-refractivity contribution in [3.63, 3.8) is 0 Å². The first-order valence-corrected chi connectivity index (χ1v) is 7.67. The molecular weight excluding hydrogens is 282 g/mol. The van der Waals surface area contributed by atoms with Crippen LogP contribution in [-0.2, 0) is 0 Å². The van der Waals surface area contributed by atoms with Crippen LogP contribution in [0.25, 0.3) is 11.1 Å². The Labute approximate surface area is 129 Å². The third-order valence-corrected chi connectivity index (χ3v) is 4.25. The summed E-state index contributed by atoms with van der Waals surface area (Å²) in [5.74, 6) is 0.859. The van der Waals surface area contributed by atoms with E-state index in [4.69, 9.17) is 4.52 Å². The Morgan fingerprint density at radius 3 is 2.91 bits per heavy atom. The smallest absolute Gasteiger partial charge is 0.263 e. The van der Waals surface area contributed by atoms with Gasteiger partial charge in [0.15, 0.2) is 0 Å². The highest BCUT2D eigenvalue weighted by atomic mass is 16.5. The fourth-order valence-corrected chi connectivity index (χ4v) is 3.28. The molecule has 2 aromatic rings. The van der Waals surface area contributed by atoms with Crippen molar-refractivity contribution in [2.45, 2.75) is 31.8 Å². The van der Waals surface area contributed by atoms with Gasteiger partial charge in [0, 0.05) is 19.6 Å². The van der Waals surface area contributed by atoms with E-state index in [1.165, 1.54) is 6.33 Å². The van der Waals surface area contributed by atoms with Gasteiger partial charge in [-0.3, -0.25) is 0 Å². The van der Waals surface area contributed by atoms with Gasteiger partial charge in [-0.25, -0.2) is 4.98 Å². The molecule has 22 heavy (non-hydrogen) atoms. The van der Waals surface area contributed by atoms with Crippen molar-refractivity contribution in [1.82, 2.24) is 20.0 Å². The lowest BCUT2D eigenvalue weighted by molar-refractivity contribution is 0.00537. The average Bonchev–Trinajstić information content (AvgIpc) is 2.73. The highest BCUT2D eigenvalue weighted by molar-refractivity contribution is 5.87. The van der Waals surface area contributed by atoms with Crippen molar-refractivity contribution < 1.29 is 9.63 Å². The second-order valence-corrected chi connectivity index (χ2v) is 6.45. The molecule has 1 aliphatic heterocycles. The number of aromatic nitrogens is 3. The Balaban J connectivity index is 1.85. The Morgan fingerprint density at radius 2 is 2.14 bits per heavy atom. The van der Waals surface area contributed by atoms with Crippen LogP contribution in [0.15, 0.2) is 10.9 Å². The number of fused-ring (bicyclic) bond motifs is 1. The Hall–Kier alpha value is -1.73. The maximum atomic E-state index is 10.8. The summed E-state index contributed by atoms with van der Waals surface area (Å²) in [6, 6.07) is 0. The van der Waals surface area contributed by atoms with Crippen LogP contribution in [0.5, 0.6) is 0 Å². The largest absolute Gasteiger partial charge is 0.388 e. The van der Waals surface area contributed by atoms with Crippen LogP contribution in [0.4, 0.5) is 5.82 Å². The number of nitrogens with zero attached hydrogens (tertiary/aromatic N) is 5. The zero-order valence-electron chi connectivity index (χ0n) is 13.4. The molecule has 0 radical (unpaired) electrons. The topological polar surface area (TPSA) is 78.5 Å². The molecule has 1 aliphatic rings. The Morgan fingerprint density at radius 1 is 1.32 bits per heavy atom. The lowest BCUT2D eigenvalue weighted by atomic mass is 9.94. The maximum absolute atomic E-state index is 10.8. The van der Waals surface area contributed by atoms with Gasteiger partial charge in [-0.1, -0.05) is 5.16 Å². The average molecular weight is 305 g/mol. The van der Waals surface area contributed by atoms with Crippen molar-refractivity contribution in [2.24, 2.45) is 0 Å². The van der Waals surface area contributed by atoms with Gasteiger partial charge in [0.2, 0.25) is 0 Å². The summed E-state index contributed by atoms with van der Waals surface area (Å²) >= 11 is 0. The minimum atomic E-state index is -0.631. The summed E-state index contributed by atoms with van der Waals surface area (Å²) in [4.78, 5) is 12.8. The van der Waals surface area contributed by atoms with Crippen LogP contribution in [0, 0.1) is 6.92 Å². The summed E-state index contributed by atoms with van der Waals surface area (Å²) in [6.07, 6.45) is 3.97. The zero-order valence-corrected chi connectivity index (χ0v) is 13.4. The lowest BCUT2D eigenvalue weighted by Gasteiger charge is -2.30. The van der Waals surface area contributed by atoms with E-state index < -0.39 is 5.60 Å². The standard InChI is InChI=1S/C15H23N5O2/c1-11-12-13(16-10-17-14(12)22-18-11)20-7-4-5-15(21,6-8-20)9-19(2)3/h10,21H,4-9H2,1-3H3. The van der Waals surface area contributed by atoms with Crippen LogP contribution in [-0.4, -0.2) is 64.5 Å². The number of aliphatic hydroxyl groups is 1. The van der Waals surface area contributed by atoms with Gasteiger partial charge in [0.05, 0.1) is 11.3 Å². The van der Waals surface area contributed by atoms with Crippen molar-refractivity contribution in [2.75, 3.05) is 38.6 Å². The summed E-state index contributed by atoms with van der Waals surface area (Å²) in [5, 5.41) is 15.6. The molecule has 1 unspecified atom stereocenters. The van der Waals surface area contributed by atoms with Gasteiger partial charge in [0.1, 0.15) is 17.5 Å². The number of hydrogen-bond acceptors (Lipinski definition) is 7. The van der Waals surface area contributed by atoms with Gasteiger partial charge >= 0.3 is 0 Å². The number of aryl methyl sites for hydroxylation is 1. The quantitative estimate of drug-likeness (QED) is 0.913. The molecule has 2 aromatic heterocycles. The van der Waals surface area contributed by atoms with Gasteiger partial charge in [-0.15, -0.1) is 0 Å². The van der Waals surface area contributed by atoms with Crippen LogP contribution < -0.4 is 4.90 Å². The summed E-state index contributed by atoms with van der Waals surface area (Å²) < 4.78 is 5.22. The molecule has 0 saturated carbocycles. The number of likely N-dealkylation sites (N-methyl/N-ethyl adjacent to an activating group) is 1. The second-order valence-electron chi connectivity index (χ2n) is 6.45. The van der Waals surface area contributed by atoms with E-state index in [1.54, 1.807) is 0 Å². The first-order chi connectivity index (χ1) is 10.5. The molecule has 0 aromatic carbocycles. The minimum absolute atomic E-state index is 0.523. The van der Waals surface area contributed by atoms with E-state index in [1.807, 2.05) is 25.9 Å². The lowest BCUT2D eigenvalue weighted by Crippen LogP contribution is -2.41. The maximum Gasteiger partial charge on any atom is 0.263 e. The molecule has 1 saturated heterocycles. The molecule has 0 aliphatic carbocycles. The normalized spacial score (nSPS) is 23.2. The van der Waals surface area contributed by atoms with E-state index in [9.17, 15) is 5.11 Å². The van der Waals surface area contributed by atoms with Crippen molar-refractivity contribution in [3.05, 3.63) is 12.0 Å². The number of anilines is 1. The van der Waals surface area contributed by atoms with Crippen molar-refractivity contribution >= 4 is 16.9 Å². The van der Waals surface area contributed by atoms with Gasteiger partial charge < -0.3 is 19.4 Å². The molecule has 3 rings (SSSR count). The van der Waals surface area contributed by atoms with E-state index in [2.05, 4.69) is 20.0 Å². The van der Waals surface area contributed by atoms with E-state index in [0.29, 0.717) is 12.3 Å². The zero-order chi connectivity index (χ0) is 15.7. The van der Waals surface area contributed by atoms with Crippen LogP contribution in [0.3, 0.4) is 0 Å². The molecule has 0 bridgehead atoms. The fraction of sp³-hybridized carbons (Fsp3) is 0.667. The highest BCUT2D eigenvalue weighted by Gasteiger charge is 2.31. The predicted octanol–water partition coefficient (Wildman–Crippen LogP) is 1.21. The molecule has 7 nitrogen and oxygen atoms in total. The van der Waals surface area contributed by atoms with Gasteiger partial charge in [-0.2, -0.15) is 4.98 Å². The fourth-order valence-electron chi connectivity index (χ4n) is 3.28. The van der Waals surface area contributed by atoms with E-state index in [-0.39, 0.29) is 0 Å². The molecule has 1 fully saturated rings. The van der Waals surface area contributed by atoms with Crippen molar-refractivity contribution in [3.8, 4) is 0 Å². The SMILES string of the molecule is Cc1noc2ncnc(N3CCCC(O)(CN(C)C)CC3)c12. The minimum Gasteiger partial charge on any atom is -0.388 e. The van der Waals surface area contributed by atoms with E-state index in [0.717, 1.165) is 49.2 Å². The monoisotopic (exact) mass is 305 g/mol. The molecule has 120 valence electrons.